The number of fused-ring (bicyclic) bond motifs is 1. The van der Waals surface area contributed by atoms with Crippen LogP contribution in [0.4, 0.5) is 0 Å². The minimum absolute atomic E-state index is 0.00109. The number of nitrogens with zero attached hydrogens (tertiary/aromatic N) is 2. The number of hydrogen-bond donors (Lipinski definition) is 0. The van der Waals surface area contributed by atoms with E-state index >= 15 is 0 Å². The average Bonchev–Trinajstić information content (AvgIpc) is 3.10. The van der Waals surface area contributed by atoms with Gasteiger partial charge in [0.2, 0.25) is 5.88 Å². The molecule has 3 aromatic rings. The van der Waals surface area contributed by atoms with E-state index < -0.39 is 0 Å². The highest BCUT2D eigenvalue weighted by molar-refractivity contribution is 6.07. The molecule has 1 saturated heterocycles. The predicted molar refractivity (Wildman–Crippen MR) is 93.1 cm³/mol. The number of ether oxygens (including phenoxy) is 1. The molecule has 0 saturated carbocycles. The summed E-state index contributed by atoms with van der Waals surface area (Å²) in [4.78, 5) is 19.0. The van der Waals surface area contributed by atoms with Gasteiger partial charge in [-0.2, -0.15) is 0 Å². The van der Waals surface area contributed by atoms with E-state index in [0.717, 1.165) is 22.8 Å². The highest BCUT2D eigenvalue weighted by Gasteiger charge is 2.29. The summed E-state index contributed by atoms with van der Waals surface area (Å²) in [5, 5.41) is 2.09. The second-order valence-electron chi connectivity index (χ2n) is 5.97. The van der Waals surface area contributed by atoms with Gasteiger partial charge >= 0.3 is 0 Å². The van der Waals surface area contributed by atoms with Gasteiger partial charge in [0.05, 0.1) is 6.54 Å². The lowest BCUT2D eigenvalue weighted by molar-refractivity contribution is 0.0773. The smallest absolute Gasteiger partial charge is 0.254 e. The fraction of sp³-hybridized carbons (Fsp3) is 0.200. The summed E-state index contributed by atoms with van der Waals surface area (Å²) in [6.07, 6.45) is 2.54. The predicted octanol–water partition coefficient (Wildman–Crippen LogP) is 3.53. The molecule has 1 unspecified atom stereocenters. The van der Waals surface area contributed by atoms with Crippen molar-refractivity contribution in [2.75, 3.05) is 13.1 Å². The Morgan fingerprint density at radius 1 is 1.04 bits per heavy atom. The second-order valence-corrected chi connectivity index (χ2v) is 5.97. The molecule has 1 aromatic heterocycles. The molecule has 120 valence electrons. The first-order chi connectivity index (χ1) is 11.8. The maximum Gasteiger partial charge on any atom is 0.254 e. The van der Waals surface area contributed by atoms with E-state index in [0.29, 0.717) is 19.0 Å². The Morgan fingerprint density at radius 3 is 2.75 bits per heavy atom. The first-order valence-electron chi connectivity index (χ1n) is 8.16. The third-order valence-electron chi connectivity index (χ3n) is 4.38. The van der Waals surface area contributed by atoms with Gasteiger partial charge in [0.1, 0.15) is 6.10 Å². The lowest BCUT2D eigenvalue weighted by Gasteiger charge is -2.18. The van der Waals surface area contributed by atoms with Crippen LogP contribution in [0.5, 0.6) is 5.88 Å². The molecular formula is C20H18N2O2. The Labute approximate surface area is 140 Å². The average molecular weight is 318 g/mol. The third-order valence-corrected chi connectivity index (χ3v) is 4.38. The van der Waals surface area contributed by atoms with Gasteiger partial charge in [0.15, 0.2) is 0 Å². The number of rotatable bonds is 3. The van der Waals surface area contributed by atoms with E-state index in [4.69, 9.17) is 4.74 Å². The molecule has 1 aliphatic rings. The SMILES string of the molecule is O=C(c1cccc2ccccc12)N1CCC(Oc2ccccn2)C1. The Hall–Kier alpha value is -2.88. The van der Waals surface area contributed by atoms with Crippen molar-refractivity contribution in [3.05, 3.63) is 72.4 Å². The molecule has 1 amide bonds. The van der Waals surface area contributed by atoms with Crippen LogP contribution in [0.25, 0.3) is 10.8 Å². The maximum absolute atomic E-state index is 12.9. The fourth-order valence-corrected chi connectivity index (χ4v) is 3.18. The fourth-order valence-electron chi connectivity index (χ4n) is 3.18. The van der Waals surface area contributed by atoms with Crippen molar-refractivity contribution in [2.24, 2.45) is 0 Å². The van der Waals surface area contributed by atoms with Gasteiger partial charge in [-0.3, -0.25) is 4.79 Å². The zero-order valence-corrected chi connectivity index (χ0v) is 13.3. The minimum atomic E-state index is -0.00109. The molecule has 2 aromatic carbocycles. The molecule has 1 fully saturated rings. The van der Waals surface area contributed by atoms with Crippen LogP contribution >= 0.6 is 0 Å². The summed E-state index contributed by atoms with van der Waals surface area (Å²) < 4.78 is 5.87. The van der Waals surface area contributed by atoms with Crippen LogP contribution in [0.3, 0.4) is 0 Å². The number of amides is 1. The maximum atomic E-state index is 12.9. The molecule has 1 atom stereocenters. The van der Waals surface area contributed by atoms with Crippen molar-refractivity contribution in [3.8, 4) is 5.88 Å². The molecule has 4 nitrogen and oxygen atoms in total. The molecule has 0 N–H and O–H groups in total. The van der Waals surface area contributed by atoms with Crippen LogP contribution in [-0.2, 0) is 0 Å². The number of carbonyl (C=O) groups excluding carboxylic acids is 1. The van der Waals surface area contributed by atoms with Gasteiger partial charge in [-0.15, -0.1) is 0 Å². The highest BCUT2D eigenvalue weighted by Crippen LogP contribution is 2.23. The summed E-state index contributed by atoms with van der Waals surface area (Å²) in [5.41, 5.74) is 0.756. The summed E-state index contributed by atoms with van der Waals surface area (Å²) >= 11 is 0. The molecular weight excluding hydrogens is 300 g/mol. The van der Waals surface area contributed by atoms with Gasteiger partial charge in [0.25, 0.3) is 5.91 Å². The molecule has 4 rings (SSSR count). The minimum Gasteiger partial charge on any atom is -0.472 e. The van der Waals surface area contributed by atoms with Gasteiger partial charge in [-0.1, -0.05) is 42.5 Å². The van der Waals surface area contributed by atoms with Crippen molar-refractivity contribution in [1.82, 2.24) is 9.88 Å². The van der Waals surface area contributed by atoms with Gasteiger partial charge in [-0.25, -0.2) is 4.98 Å². The topological polar surface area (TPSA) is 42.4 Å². The summed E-state index contributed by atoms with van der Waals surface area (Å²) in [6.45, 7) is 1.30. The largest absolute Gasteiger partial charge is 0.472 e. The van der Waals surface area contributed by atoms with Crippen molar-refractivity contribution >= 4 is 16.7 Å². The number of likely N-dealkylation sites (tertiary alicyclic amines) is 1. The molecule has 0 aliphatic carbocycles. The van der Waals surface area contributed by atoms with Crippen molar-refractivity contribution in [3.63, 3.8) is 0 Å². The Kier molecular flexibility index (Phi) is 3.87. The number of carbonyl (C=O) groups is 1. The Balaban J connectivity index is 1.51. The molecule has 24 heavy (non-hydrogen) atoms. The van der Waals surface area contributed by atoms with Crippen LogP contribution in [0, 0.1) is 0 Å². The molecule has 2 heterocycles. The van der Waals surface area contributed by atoms with Gasteiger partial charge < -0.3 is 9.64 Å². The normalized spacial score (nSPS) is 17.2. The molecule has 4 heteroatoms. The Bertz CT molecular complexity index is 858. The van der Waals surface area contributed by atoms with E-state index in [9.17, 15) is 4.79 Å². The molecule has 0 bridgehead atoms. The lowest BCUT2D eigenvalue weighted by atomic mass is 10.0. The van der Waals surface area contributed by atoms with E-state index in [2.05, 4.69) is 4.98 Å². The number of aromatic nitrogens is 1. The number of hydrogen-bond acceptors (Lipinski definition) is 3. The number of benzene rings is 2. The van der Waals surface area contributed by atoms with E-state index in [1.165, 1.54) is 0 Å². The van der Waals surface area contributed by atoms with E-state index in [1.807, 2.05) is 65.6 Å². The second kappa shape index (κ2) is 6.32. The third kappa shape index (κ3) is 2.83. The van der Waals surface area contributed by atoms with Crippen molar-refractivity contribution in [2.45, 2.75) is 12.5 Å². The van der Waals surface area contributed by atoms with E-state index in [1.54, 1.807) is 6.20 Å². The quantitative estimate of drug-likeness (QED) is 0.742. The first kappa shape index (κ1) is 14.7. The summed E-state index contributed by atoms with van der Waals surface area (Å²) in [7, 11) is 0. The van der Waals surface area contributed by atoms with Crippen LogP contribution in [0.15, 0.2) is 66.9 Å². The molecule has 0 radical (unpaired) electrons. The van der Waals surface area contributed by atoms with Crippen LogP contribution < -0.4 is 4.74 Å². The van der Waals surface area contributed by atoms with Crippen molar-refractivity contribution in [1.29, 1.82) is 0 Å². The van der Waals surface area contributed by atoms with Crippen LogP contribution in [0.1, 0.15) is 16.8 Å². The number of pyridine rings is 1. The lowest BCUT2D eigenvalue weighted by Crippen LogP contribution is -2.31. The zero-order valence-electron chi connectivity index (χ0n) is 13.3. The summed E-state index contributed by atoms with van der Waals surface area (Å²) in [6, 6.07) is 19.5. The summed E-state index contributed by atoms with van der Waals surface area (Å²) in [5.74, 6) is 0.681. The Morgan fingerprint density at radius 2 is 1.88 bits per heavy atom. The zero-order chi connectivity index (χ0) is 16.4. The monoisotopic (exact) mass is 318 g/mol. The van der Waals surface area contributed by atoms with Crippen molar-refractivity contribution < 1.29 is 9.53 Å². The van der Waals surface area contributed by atoms with Crippen LogP contribution in [-0.4, -0.2) is 35.0 Å². The van der Waals surface area contributed by atoms with Gasteiger partial charge in [-0.05, 0) is 22.9 Å². The van der Waals surface area contributed by atoms with Gasteiger partial charge in [0, 0.05) is 30.8 Å². The highest BCUT2D eigenvalue weighted by atomic mass is 16.5. The standard InChI is InChI=1S/C20H18N2O2/c23-20(18-9-5-7-15-6-1-2-8-17(15)18)22-13-11-16(14-22)24-19-10-3-4-12-21-19/h1-10,12,16H,11,13-14H2. The molecule has 1 aliphatic heterocycles. The first-order valence-corrected chi connectivity index (χ1v) is 8.16. The molecule has 0 spiro atoms. The van der Waals surface area contributed by atoms with Crippen LogP contribution in [0.2, 0.25) is 0 Å². The van der Waals surface area contributed by atoms with E-state index in [-0.39, 0.29) is 12.0 Å².